The highest BCUT2D eigenvalue weighted by Gasteiger charge is 2.45. The van der Waals surface area contributed by atoms with Crippen molar-refractivity contribution in [3.05, 3.63) is 52.1 Å². The fourth-order valence-electron chi connectivity index (χ4n) is 4.10. The maximum atomic E-state index is 13.3. The standard InChI is InChI=1S/C23H24O10/c1-9-6-11-12(7-14(9)32-23-21(29)20(28)19(27)15(8-24)33-23)17(25)10-4-5-13(30-2)22(31-3)16(10)18(11)26/h4-7,15,19-21,23-24,27-29H,8H2,1-3H3/t15-,19-,20-,21-,23-/m0/s1. The lowest BCUT2D eigenvalue weighted by Gasteiger charge is -2.39. The quantitative estimate of drug-likeness (QED) is 0.408. The SMILES string of the molecule is COc1ccc2c(c1OC)C(=O)c1cc(C)c(O[C@H]3O[C@@H](CO)[C@H](O)[C@H](O)[C@@H]3O)cc1C2=O. The summed E-state index contributed by atoms with van der Waals surface area (Å²) in [6.07, 6.45) is -7.34. The summed E-state index contributed by atoms with van der Waals surface area (Å²) in [7, 11) is 2.81. The summed E-state index contributed by atoms with van der Waals surface area (Å²) in [6.45, 7) is 1.03. The second-order valence-electron chi connectivity index (χ2n) is 7.86. The minimum absolute atomic E-state index is 0.0879. The predicted octanol–water partition coefficient (Wildman–Crippen LogP) is -0.0337. The summed E-state index contributed by atoms with van der Waals surface area (Å²) in [4.78, 5) is 26.5. The van der Waals surface area contributed by atoms with Gasteiger partial charge in [-0.1, -0.05) is 0 Å². The third-order valence-electron chi connectivity index (χ3n) is 5.91. The van der Waals surface area contributed by atoms with Gasteiger partial charge in [-0.15, -0.1) is 0 Å². The zero-order valence-corrected chi connectivity index (χ0v) is 18.1. The second-order valence-corrected chi connectivity index (χ2v) is 7.86. The fourth-order valence-corrected chi connectivity index (χ4v) is 4.10. The Labute approximate surface area is 188 Å². The second kappa shape index (κ2) is 8.73. The normalized spacial score (nSPS) is 26.5. The molecule has 0 unspecified atom stereocenters. The van der Waals surface area contributed by atoms with Crippen molar-refractivity contribution in [2.45, 2.75) is 37.6 Å². The number of aliphatic hydroxyl groups excluding tert-OH is 4. The number of ether oxygens (including phenoxy) is 4. The van der Waals surface area contributed by atoms with E-state index in [0.29, 0.717) is 11.3 Å². The van der Waals surface area contributed by atoms with Crippen molar-refractivity contribution in [2.75, 3.05) is 20.8 Å². The molecule has 1 aliphatic heterocycles. The van der Waals surface area contributed by atoms with E-state index in [-0.39, 0.29) is 33.8 Å². The number of methoxy groups -OCH3 is 2. The number of benzene rings is 2. The van der Waals surface area contributed by atoms with Gasteiger partial charge in [0.2, 0.25) is 6.29 Å². The Bertz CT molecular complexity index is 1110. The van der Waals surface area contributed by atoms with Crippen LogP contribution in [0.15, 0.2) is 24.3 Å². The lowest BCUT2D eigenvalue weighted by Crippen LogP contribution is -2.60. The molecule has 1 aliphatic carbocycles. The molecule has 0 spiro atoms. The first-order valence-corrected chi connectivity index (χ1v) is 10.2. The molecule has 5 atom stereocenters. The van der Waals surface area contributed by atoms with Crippen LogP contribution in [-0.4, -0.2) is 83.5 Å². The van der Waals surface area contributed by atoms with Crippen LogP contribution in [0.3, 0.4) is 0 Å². The van der Waals surface area contributed by atoms with Crippen LogP contribution >= 0.6 is 0 Å². The van der Waals surface area contributed by atoms with Gasteiger partial charge in [-0.2, -0.15) is 0 Å². The average molecular weight is 460 g/mol. The first kappa shape index (κ1) is 23.1. The van der Waals surface area contributed by atoms with Gasteiger partial charge in [0.05, 0.1) is 26.4 Å². The van der Waals surface area contributed by atoms with E-state index in [1.807, 2.05) is 0 Å². The number of rotatable bonds is 5. The lowest BCUT2D eigenvalue weighted by atomic mass is 9.82. The Morgan fingerprint density at radius 2 is 1.58 bits per heavy atom. The van der Waals surface area contributed by atoms with E-state index in [9.17, 15) is 30.0 Å². The molecule has 1 heterocycles. The lowest BCUT2D eigenvalue weighted by molar-refractivity contribution is -0.277. The molecule has 4 rings (SSSR count). The molecule has 10 nitrogen and oxygen atoms in total. The largest absolute Gasteiger partial charge is 0.493 e. The topological polar surface area (TPSA) is 152 Å². The van der Waals surface area contributed by atoms with E-state index in [4.69, 9.17) is 18.9 Å². The first-order chi connectivity index (χ1) is 15.7. The number of aliphatic hydroxyl groups is 4. The smallest absolute Gasteiger partial charge is 0.229 e. The summed E-state index contributed by atoms with van der Waals surface area (Å²) < 4.78 is 21.7. The van der Waals surface area contributed by atoms with Gasteiger partial charge in [-0.25, -0.2) is 0 Å². The van der Waals surface area contributed by atoms with Crippen molar-refractivity contribution in [3.8, 4) is 17.2 Å². The van der Waals surface area contributed by atoms with Gasteiger partial charge in [-0.05, 0) is 36.8 Å². The van der Waals surface area contributed by atoms with Crippen LogP contribution < -0.4 is 14.2 Å². The van der Waals surface area contributed by atoms with Crippen LogP contribution in [-0.2, 0) is 4.74 Å². The molecule has 0 bridgehead atoms. The number of hydrogen-bond acceptors (Lipinski definition) is 10. The Kier molecular flexibility index (Phi) is 6.12. The zero-order valence-electron chi connectivity index (χ0n) is 18.1. The van der Waals surface area contributed by atoms with Crippen LogP contribution in [0.25, 0.3) is 0 Å². The molecule has 4 N–H and O–H groups in total. The maximum absolute atomic E-state index is 13.3. The van der Waals surface area contributed by atoms with Gasteiger partial charge >= 0.3 is 0 Å². The summed E-state index contributed by atoms with van der Waals surface area (Å²) in [5.74, 6) is -0.237. The highest BCUT2D eigenvalue weighted by molar-refractivity contribution is 6.29. The van der Waals surface area contributed by atoms with Crippen LogP contribution in [0.1, 0.15) is 37.4 Å². The molecular weight excluding hydrogens is 436 g/mol. The van der Waals surface area contributed by atoms with Gasteiger partial charge in [0.25, 0.3) is 0 Å². The summed E-state index contributed by atoms with van der Waals surface area (Å²) in [5, 5.41) is 39.6. The number of ketones is 2. The third kappa shape index (κ3) is 3.65. The summed E-state index contributed by atoms with van der Waals surface area (Å²) >= 11 is 0. The molecular formula is C23H24O10. The fraction of sp³-hybridized carbons (Fsp3) is 0.391. The van der Waals surface area contributed by atoms with Crippen molar-refractivity contribution in [1.29, 1.82) is 0 Å². The first-order valence-electron chi connectivity index (χ1n) is 10.2. The Balaban J connectivity index is 1.73. The van der Waals surface area contributed by atoms with Crippen molar-refractivity contribution in [2.24, 2.45) is 0 Å². The zero-order chi connectivity index (χ0) is 24.0. The molecule has 2 aromatic rings. The van der Waals surface area contributed by atoms with Gasteiger partial charge in [0.15, 0.2) is 23.1 Å². The number of aryl methyl sites for hydroxylation is 1. The minimum atomic E-state index is -1.62. The van der Waals surface area contributed by atoms with E-state index in [1.54, 1.807) is 6.92 Å². The van der Waals surface area contributed by atoms with E-state index >= 15 is 0 Å². The van der Waals surface area contributed by atoms with Crippen molar-refractivity contribution < 1.29 is 49.0 Å². The van der Waals surface area contributed by atoms with E-state index in [2.05, 4.69) is 0 Å². The predicted molar refractivity (Wildman–Crippen MR) is 112 cm³/mol. The highest BCUT2D eigenvalue weighted by atomic mass is 16.7. The maximum Gasteiger partial charge on any atom is 0.229 e. The number of fused-ring (bicyclic) bond motifs is 2. The van der Waals surface area contributed by atoms with Crippen molar-refractivity contribution in [3.63, 3.8) is 0 Å². The molecule has 0 amide bonds. The molecule has 1 saturated heterocycles. The molecule has 2 aliphatic rings. The number of hydrogen-bond donors (Lipinski definition) is 4. The molecule has 1 fully saturated rings. The molecule has 176 valence electrons. The average Bonchev–Trinajstić information content (AvgIpc) is 2.82. The molecule has 10 heteroatoms. The summed E-state index contributed by atoms with van der Waals surface area (Å²) in [5.41, 5.74) is 0.948. The van der Waals surface area contributed by atoms with Crippen molar-refractivity contribution >= 4 is 11.6 Å². The minimum Gasteiger partial charge on any atom is -0.493 e. The third-order valence-corrected chi connectivity index (χ3v) is 5.91. The highest BCUT2D eigenvalue weighted by Crippen LogP contribution is 2.41. The monoisotopic (exact) mass is 460 g/mol. The van der Waals surface area contributed by atoms with Gasteiger partial charge in [0.1, 0.15) is 30.2 Å². The van der Waals surface area contributed by atoms with E-state index < -0.39 is 48.9 Å². The van der Waals surface area contributed by atoms with Gasteiger partial charge in [0, 0.05) is 16.7 Å². The van der Waals surface area contributed by atoms with Crippen LogP contribution in [0.5, 0.6) is 17.2 Å². The van der Waals surface area contributed by atoms with Gasteiger partial charge < -0.3 is 39.4 Å². The molecule has 2 aromatic carbocycles. The van der Waals surface area contributed by atoms with Gasteiger partial charge in [-0.3, -0.25) is 9.59 Å². The number of carbonyl (C=O) groups excluding carboxylic acids is 2. The molecule has 33 heavy (non-hydrogen) atoms. The molecule has 0 radical (unpaired) electrons. The van der Waals surface area contributed by atoms with Crippen molar-refractivity contribution in [1.82, 2.24) is 0 Å². The molecule has 0 aromatic heterocycles. The molecule has 0 saturated carbocycles. The van der Waals surface area contributed by atoms with Crippen LogP contribution in [0, 0.1) is 6.92 Å². The van der Waals surface area contributed by atoms with E-state index in [0.717, 1.165) is 0 Å². The van der Waals surface area contributed by atoms with Crippen LogP contribution in [0.4, 0.5) is 0 Å². The van der Waals surface area contributed by atoms with Crippen LogP contribution in [0.2, 0.25) is 0 Å². The Morgan fingerprint density at radius 1 is 0.879 bits per heavy atom. The van der Waals surface area contributed by atoms with E-state index in [1.165, 1.54) is 38.5 Å². The number of carbonyl (C=O) groups is 2. The Hall–Kier alpha value is -3.02. The Morgan fingerprint density at radius 3 is 2.21 bits per heavy atom. The summed E-state index contributed by atoms with van der Waals surface area (Å²) in [6, 6.07) is 5.87.